The molecule has 0 aromatic carbocycles. The van der Waals surface area contributed by atoms with Crippen LogP contribution >= 0.6 is 0 Å². The molecule has 66 valence electrons. The molecule has 0 saturated carbocycles. The van der Waals surface area contributed by atoms with Gasteiger partial charge in [0.15, 0.2) is 0 Å². The normalized spacial score (nSPS) is 21.8. The van der Waals surface area contributed by atoms with E-state index in [9.17, 15) is 4.79 Å². The van der Waals surface area contributed by atoms with Gasteiger partial charge in [-0.1, -0.05) is 5.92 Å². The zero-order chi connectivity index (χ0) is 8.97. The van der Waals surface area contributed by atoms with Crippen molar-refractivity contribution in [3.8, 4) is 11.8 Å². The van der Waals surface area contributed by atoms with Gasteiger partial charge >= 0.3 is 0 Å². The molecular formula is C9H13NO2. The zero-order valence-electron chi connectivity index (χ0n) is 7.21. The molecule has 1 unspecified atom stereocenters. The van der Waals surface area contributed by atoms with Gasteiger partial charge in [0, 0.05) is 25.6 Å². The molecule has 0 aromatic rings. The molecule has 1 aliphatic rings. The van der Waals surface area contributed by atoms with Crippen LogP contribution in [0.2, 0.25) is 0 Å². The number of carbonyl (C=O) groups is 1. The van der Waals surface area contributed by atoms with Crippen LogP contribution in [0.5, 0.6) is 0 Å². The third-order valence-corrected chi connectivity index (χ3v) is 2.06. The summed E-state index contributed by atoms with van der Waals surface area (Å²) in [6.45, 7) is 3.21. The fourth-order valence-electron chi connectivity index (χ4n) is 1.35. The van der Waals surface area contributed by atoms with Crippen molar-refractivity contribution in [1.82, 2.24) is 4.90 Å². The fraction of sp³-hybridized carbons (Fsp3) is 0.667. The van der Waals surface area contributed by atoms with E-state index >= 15 is 0 Å². The van der Waals surface area contributed by atoms with Crippen molar-refractivity contribution >= 4 is 5.91 Å². The molecule has 1 saturated heterocycles. The molecule has 0 bridgehead atoms. The molecule has 12 heavy (non-hydrogen) atoms. The van der Waals surface area contributed by atoms with Crippen LogP contribution in [0, 0.1) is 17.8 Å². The quantitative estimate of drug-likeness (QED) is 0.552. The predicted molar refractivity (Wildman–Crippen MR) is 45.2 cm³/mol. The lowest BCUT2D eigenvalue weighted by Gasteiger charge is -2.11. The Labute approximate surface area is 72.4 Å². The van der Waals surface area contributed by atoms with Gasteiger partial charge in [-0.3, -0.25) is 4.79 Å². The molecule has 0 radical (unpaired) electrons. The van der Waals surface area contributed by atoms with Gasteiger partial charge in [0.25, 0.3) is 5.91 Å². The molecule has 0 aromatic heterocycles. The number of hydrogen-bond acceptors (Lipinski definition) is 2. The second-order valence-corrected chi connectivity index (χ2v) is 2.96. The number of hydrogen-bond donors (Lipinski definition) is 1. The number of amides is 1. The molecular weight excluding hydrogens is 154 g/mol. The van der Waals surface area contributed by atoms with Gasteiger partial charge in [-0.05, 0) is 19.3 Å². The molecule has 3 heteroatoms. The molecule has 0 aliphatic carbocycles. The topological polar surface area (TPSA) is 40.5 Å². The van der Waals surface area contributed by atoms with Crippen LogP contribution in [-0.2, 0) is 4.79 Å². The molecule has 1 N–H and O–H groups in total. The van der Waals surface area contributed by atoms with E-state index in [2.05, 4.69) is 11.8 Å². The second-order valence-electron chi connectivity index (χ2n) is 2.96. The second kappa shape index (κ2) is 4.13. The zero-order valence-corrected chi connectivity index (χ0v) is 7.21. The van der Waals surface area contributed by atoms with E-state index in [4.69, 9.17) is 5.11 Å². The van der Waals surface area contributed by atoms with Crippen molar-refractivity contribution < 1.29 is 9.90 Å². The first-order valence-electron chi connectivity index (χ1n) is 4.10. The molecule has 1 amide bonds. The number of aliphatic hydroxyl groups is 1. The standard InChI is InChI=1S/C9H13NO2/c1-2-3-9(12)10-5-4-8(6-10)7-11/h8,11H,4-7H2,1H3. The lowest BCUT2D eigenvalue weighted by molar-refractivity contribution is -0.124. The first kappa shape index (κ1) is 9.08. The maximum Gasteiger partial charge on any atom is 0.298 e. The average Bonchev–Trinajstić information content (AvgIpc) is 2.52. The lowest BCUT2D eigenvalue weighted by atomic mass is 10.1. The smallest absolute Gasteiger partial charge is 0.298 e. The summed E-state index contributed by atoms with van der Waals surface area (Å²) in [5, 5.41) is 8.82. The van der Waals surface area contributed by atoms with Crippen LogP contribution in [0.3, 0.4) is 0 Å². The van der Waals surface area contributed by atoms with E-state index in [1.807, 2.05) is 0 Å². The molecule has 1 fully saturated rings. The van der Waals surface area contributed by atoms with Crippen LogP contribution in [0.4, 0.5) is 0 Å². The summed E-state index contributed by atoms with van der Waals surface area (Å²) >= 11 is 0. The Hall–Kier alpha value is -1.01. The van der Waals surface area contributed by atoms with Gasteiger partial charge in [0.1, 0.15) is 0 Å². The van der Waals surface area contributed by atoms with E-state index < -0.39 is 0 Å². The van der Waals surface area contributed by atoms with E-state index in [0.29, 0.717) is 6.54 Å². The van der Waals surface area contributed by atoms with E-state index in [1.54, 1.807) is 11.8 Å². The molecule has 3 nitrogen and oxygen atoms in total. The fourth-order valence-corrected chi connectivity index (χ4v) is 1.35. The van der Waals surface area contributed by atoms with Gasteiger partial charge in [0.05, 0.1) is 0 Å². The largest absolute Gasteiger partial charge is 0.396 e. The van der Waals surface area contributed by atoms with Gasteiger partial charge < -0.3 is 10.0 Å². The van der Waals surface area contributed by atoms with Gasteiger partial charge in [0.2, 0.25) is 0 Å². The summed E-state index contributed by atoms with van der Waals surface area (Å²) < 4.78 is 0. The average molecular weight is 167 g/mol. The predicted octanol–water partition coefficient (Wildman–Crippen LogP) is -0.150. The van der Waals surface area contributed by atoms with Crippen molar-refractivity contribution in [2.75, 3.05) is 19.7 Å². The van der Waals surface area contributed by atoms with Crippen LogP contribution in [0.15, 0.2) is 0 Å². The highest BCUT2D eigenvalue weighted by atomic mass is 16.3. The van der Waals surface area contributed by atoms with Crippen molar-refractivity contribution in [2.45, 2.75) is 13.3 Å². The summed E-state index contributed by atoms with van der Waals surface area (Å²) in [6, 6.07) is 0. The van der Waals surface area contributed by atoms with Crippen molar-refractivity contribution in [2.24, 2.45) is 5.92 Å². The Balaban J connectivity index is 2.44. The maximum atomic E-state index is 11.2. The Kier molecular flexibility index (Phi) is 3.12. The minimum Gasteiger partial charge on any atom is -0.396 e. The highest BCUT2D eigenvalue weighted by Crippen LogP contribution is 2.14. The minimum absolute atomic E-state index is 0.117. The number of nitrogens with zero attached hydrogens (tertiary/aromatic N) is 1. The van der Waals surface area contributed by atoms with E-state index in [1.165, 1.54) is 0 Å². The SMILES string of the molecule is CC#CC(=O)N1CCC(CO)C1. The summed E-state index contributed by atoms with van der Waals surface area (Å²) in [4.78, 5) is 12.9. The molecule has 1 aliphatic heterocycles. The van der Waals surface area contributed by atoms with Gasteiger partial charge in [-0.2, -0.15) is 0 Å². The minimum atomic E-state index is -0.117. The number of carbonyl (C=O) groups excluding carboxylic acids is 1. The van der Waals surface area contributed by atoms with Gasteiger partial charge in [-0.15, -0.1) is 0 Å². The first-order chi connectivity index (χ1) is 5.77. The summed E-state index contributed by atoms with van der Waals surface area (Å²) in [7, 11) is 0. The maximum absolute atomic E-state index is 11.2. The first-order valence-corrected chi connectivity index (χ1v) is 4.10. The van der Waals surface area contributed by atoms with Crippen LogP contribution < -0.4 is 0 Å². The summed E-state index contributed by atoms with van der Waals surface area (Å²) in [6.07, 6.45) is 0.896. The Morgan fingerprint density at radius 1 is 1.75 bits per heavy atom. The Bertz CT molecular complexity index is 226. The highest BCUT2D eigenvalue weighted by molar-refractivity contribution is 5.93. The Morgan fingerprint density at radius 3 is 3.00 bits per heavy atom. The van der Waals surface area contributed by atoms with Crippen LogP contribution in [0.25, 0.3) is 0 Å². The van der Waals surface area contributed by atoms with E-state index in [0.717, 1.165) is 13.0 Å². The van der Waals surface area contributed by atoms with Crippen molar-refractivity contribution in [3.05, 3.63) is 0 Å². The molecule has 1 atom stereocenters. The third kappa shape index (κ3) is 1.99. The highest BCUT2D eigenvalue weighted by Gasteiger charge is 2.24. The summed E-state index contributed by atoms with van der Waals surface area (Å²) in [5.41, 5.74) is 0. The number of rotatable bonds is 1. The van der Waals surface area contributed by atoms with E-state index in [-0.39, 0.29) is 18.4 Å². The van der Waals surface area contributed by atoms with Crippen molar-refractivity contribution in [3.63, 3.8) is 0 Å². The van der Waals surface area contributed by atoms with Crippen molar-refractivity contribution in [1.29, 1.82) is 0 Å². The monoisotopic (exact) mass is 167 g/mol. The Morgan fingerprint density at radius 2 is 2.50 bits per heavy atom. The lowest BCUT2D eigenvalue weighted by Crippen LogP contribution is -2.27. The molecule has 1 rings (SSSR count). The summed E-state index contributed by atoms with van der Waals surface area (Å²) in [5.74, 6) is 5.20. The molecule has 1 heterocycles. The number of aliphatic hydroxyl groups excluding tert-OH is 1. The number of likely N-dealkylation sites (tertiary alicyclic amines) is 1. The molecule has 0 spiro atoms. The van der Waals surface area contributed by atoms with Gasteiger partial charge in [-0.25, -0.2) is 0 Å². The third-order valence-electron chi connectivity index (χ3n) is 2.06. The van der Waals surface area contributed by atoms with Crippen LogP contribution in [-0.4, -0.2) is 35.6 Å². The van der Waals surface area contributed by atoms with Crippen LogP contribution in [0.1, 0.15) is 13.3 Å².